The molecule has 1 spiro atoms. The van der Waals surface area contributed by atoms with Gasteiger partial charge in [0.2, 0.25) is 11.8 Å². The lowest BCUT2D eigenvalue weighted by atomic mass is 9.62. The second-order valence-electron chi connectivity index (χ2n) is 11.0. The van der Waals surface area contributed by atoms with Crippen molar-refractivity contribution in [3.05, 3.63) is 12.7 Å². The molecule has 4 fully saturated rings. The van der Waals surface area contributed by atoms with Crippen molar-refractivity contribution in [2.24, 2.45) is 17.8 Å². The summed E-state index contributed by atoms with van der Waals surface area (Å²) in [4.78, 5) is 45.2. The highest BCUT2D eigenvalue weighted by Gasteiger charge is 2.80. The number of esters is 1. The largest absolute Gasteiger partial charge is 0.466 e. The maximum absolute atomic E-state index is 14.5. The van der Waals surface area contributed by atoms with E-state index in [0.29, 0.717) is 19.4 Å². The Kier molecular flexibility index (Phi) is 7.36. The van der Waals surface area contributed by atoms with Crippen LogP contribution in [0.5, 0.6) is 0 Å². The molecule has 2 bridgehead atoms. The van der Waals surface area contributed by atoms with E-state index in [-0.39, 0.29) is 37.0 Å². The number of likely N-dealkylation sites (tertiary alicyclic amines) is 1. The van der Waals surface area contributed by atoms with Crippen LogP contribution in [0, 0.1) is 17.8 Å². The van der Waals surface area contributed by atoms with Crippen molar-refractivity contribution in [2.45, 2.75) is 102 Å². The Labute approximate surface area is 209 Å². The normalized spacial score (nSPS) is 37.3. The second-order valence-corrected chi connectivity index (χ2v) is 11.0. The molecule has 8 heteroatoms. The van der Waals surface area contributed by atoms with Crippen molar-refractivity contribution in [3.8, 4) is 0 Å². The van der Waals surface area contributed by atoms with E-state index in [1.54, 1.807) is 17.9 Å². The fourth-order valence-corrected chi connectivity index (χ4v) is 7.46. The summed E-state index contributed by atoms with van der Waals surface area (Å²) in [5, 5.41) is 10.2. The molecule has 0 aromatic carbocycles. The Morgan fingerprint density at radius 2 is 2.00 bits per heavy atom. The average molecular weight is 491 g/mol. The molecule has 7 atom stereocenters. The van der Waals surface area contributed by atoms with Crippen LogP contribution in [0.1, 0.15) is 72.6 Å². The molecular formula is C27H42N2O6. The molecule has 3 heterocycles. The summed E-state index contributed by atoms with van der Waals surface area (Å²) in [6.45, 7) is 11.8. The zero-order valence-electron chi connectivity index (χ0n) is 21.7. The third-order valence-electron chi connectivity index (χ3n) is 9.23. The Balaban J connectivity index is 1.82. The van der Waals surface area contributed by atoms with Gasteiger partial charge >= 0.3 is 5.97 Å². The van der Waals surface area contributed by atoms with Gasteiger partial charge in [0.1, 0.15) is 17.6 Å². The first-order valence-corrected chi connectivity index (χ1v) is 13.4. The lowest BCUT2D eigenvalue weighted by molar-refractivity contribution is -0.164. The molecule has 3 unspecified atom stereocenters. The van der Waals surface area contributed by atoms with Crippen molar-refractivity contribution >= 4 is 17.8 Å². The van der Waals surface area contributed by atoms with Crippen molar-refractivity contribution in [3.63, 3.8) is 0 Å². The number of rotatable bonds is 9. The van der Waals surface area contributed by atoms with Crippen molar-refractivity contribution in [1.82, 2.24) is 9.80 Å². The molecule has 0 radical (unpaired) electrons. The summed E-state index contributed by atoms with van der Waals surface area (Å²) >= 11 is 0. The Hall–Kier alpha value is -1.93. The summed E-state index contributed by atoms with van der Waals surface area (Å²) in [6, 6.07) is -1.33. The van der Waals surface area contributed by atoms with E-state index < -0.39 is 41.1 Å². The zero-order valence-corrected chi connectivity index (χ0v) is 21.7. The number of carbonyl (C=O) groups is 3. The Bertz CT molecular complexity index is 853. The molecule has 1 saturated carbocycles. The molecule has 1 aliphatic carbocycles. The number of aliphatic hydroxyl groups is 1. The molecule has 196 valence electrons. The van der Waals surface area contributed by atoms with Gasteiger partial charge in [-0.1, -0.05) is 39.2 Å². The monoisotopic (exact) mass is 490 g/mol. The van der Waals surface area contributed by atoms with Crippen molar-refractivity contribution in [1.29, 1.82) is 0 Å². The highest BCUT2D eigenvalue weighted by atomic mass is 16.6. The molecule has 8 nitrogen and oxygen atoms in total. The number of aliphatic hydroxyl groups excluding tert-OH is 1. The van der Waals surface area contributed by atoms with Crippen LogP contribution in [0.4, 0.5) is 0 Å². The molecule has 2 amide bonds. The van der Waals surface area contributed by atoms with Crippen LogP contribution in [-0.2, 0) is 23.9 Å². The Morgan fingerprint density at radius 3 is 2.57 bits per heavy atom. The summed E-state index contributed by atoms with van der Waals surface area (Å²) in [7, 11) is 0. The number of hydrogen-bond acceptors (Lipinski definition) is 6. The highest BCUT2D eigenvalue weighted by molar-refractivity contribution is 5.99. The molecule has 3 aliphatic heterocycles. The van der Waals surface area contributed by atoms with Gasteiger partial charge in [0.25, 0.3) is 0 Å². The third kappa shape index (κ3) is 3.82. The van der Waals surface area contributed by atoms with Gasteiger partial charge in [0.15, 0.2) is 0 Å². The molecule has 4 aliphatic rings. The van der Waals surface area contributed by atoms with E-state index in [1.165, 1.54) is 0 Å². The number of ether oxygens (including phenoxy) is 2. The van der Waals surface area contributed by atoms with Gasteiger partial charge < -0.3 is 24.4 Å². The number of carbonyl (C=O) groups excluding carboxylic acids is 3. The molecule has 1 N–H and O–H groups in total. The standard InChI is InChI=1S/C27H42N2O6/c1-6-14-28(19-12-10-9-11-13-19)24(32)22-27-15-17(4)26(5,35-27)21(25(33)34-8-3)20(27)23(31)29(22)18(7-2)16-30/h6,17-22,30H,1,7-16H2,2-5H3/t17?,18-,20-,21+,22?,26-,27?/m0/s1. The van der Waals surface area contributed by atoms with Gasteiger partial charge in [-0.05, 0) is 45.4 Å². The van der Waals surface area contributed by atoms with E-state index in [1.807, 2.05) is 25.7 Å². The predicted molar refractivity (Wildman–Crippen MR) is 130 cm³/mol. The van der Waals surface area contributed by atoms with E-state index >= 15 is 0 Å². The van der Waals surface area contributed by atoms with E-state index in [2.05, 4.69) is 6.58 Å². The number of fused-ring (bicyclic) bond motifs is 1. The first kappa shape index (κ1) is 26.1. The first-order chi connectivity index (χ1) is 16.7. The minimum atomic E-state index is -1.11. The number of amides is 2. The minimum absolute atomic E-state index is 0.0343. The summed E-state index contributed by atoms with van der Waals surface area (Å²) in [5.41, 5.74) is -2.00. The zero-order chi connectivity index (χ0) is 25.5. The molecule has 35 heavy (non-hydrogen) atoms. The fraction of sp³-hybridized carbons (Fsp3) is 0.815. The van der Waals surface area contributed by atoms with Crippen LogP contribution in [-0.4, -0.2) is 81.8 Å². The molecule has 3 saturated heterocycles. The first-order valence-electron chi connectivity index (χ1n) is 13.4. The van der Waals surface area contributed by atoms with E-state index in [4.69, 9.17) is 9.47 Å². The Morgan fingerprint density at radius 1 is 1.31 bits per heavy atom. The van der Waals surface area contributed by atoms with Gasteiger partial charge in [0, 0.05) is 12.6 Å². The van der Waals surface area contributed by atoms with Crippen molar-refractivity contribution in [2.75, 3.05) is 19.8 Å². The smallest absolute Gasteiger partial charge is 0.312 e. The van der Waals surface area contributed by atoms with Gasteiger partial charge in [-0.15, -0.1) is 6.58 Å². The van der Waals surface area contributed by atoms with Crippen LogP contribution in [0.15, 0.2) is 12.7 Å². The summed E-state index contributed by atoms with van der Waals surface area (Å²) in [5.74, 6) is -2.48. The minimum Gasteiger partial charge on any atom is -0.466 e. The summed E-state index contributed by atoms with van der Waals surface area (Å²) in [6.07, 6.45) is 7.89. The maximum Gasteiger partial charge on any atom is 0.312 e. The van der Waals surface area contributed by atoms with Gasteiger partial charge in [0.05, 0.1) is 30.8 Å². The van der Waals surface area contributed by atoms with Crippen LogP contribution < -0.4 is 0 Å². The number of hydrogen-bond donors (Lipinski definition) is 1. The van der Waals surface area contributed by atoms with Crippen LogP contribution in [0.25, 0.3) is 0 Å². The maximum atomic E-state index is 14.5. The van der Waals surface area contributed by atoms with E-state index in [9.17, 15) is 19.5 Å². The van der Waals surface area contributed by atoms with Crippen LogP contribution in [0.3, 0.4) is 0 Å². The second kappa shape index (κ2) is 9.85. The third-order valence-corrected chi connectivity index (χ3v) is 9.23. The van der Waals surface area contributed by atoms with Crippen LogP contribution in [0.2, 0.25) is 0 Å². The lowest BCUT2D eigenvalue weighted by Crippen LogP contribution is -2.60. The molecular weight excluding hydrogens is 448 g/mol. The molecule has 0 aromatic rings. The van der Waals surface area contributed by atoms with Crippen molar-refractivity contribution < 1.29 is 29.0 Å². The van der Waals surface area contributed by atoms with Gasteiger partial charge in [-0.25, -0.2) is 0 Å². The van der Waals surface area contributed by atoms with E-state index in [0.717, 1.165) is 32.1 Å². The number of nitrogens with zero attached hydrogens (tertiary/aromatic N) is 2. The fourth-order valence-electron chi connectivity index (χ4n) is 7.46. The lowest BCUT2D eigenvalue weighted by Gasteiger charge is -2.42. The van der Waals surface area contributed by atoms with Crippen LogP contribution >= 0.6 is 0 Å². The molecule has 4 rings (SSSR count). The molecule has 0 aromatic heterocycles. The quantitative estimate of drug-likeness (QED) is 0.394. The summed E-state index contributed by atoms with van der Waals surface area (Å²) < 4.78 is 12.2. The average Bonchev–Trinajstić information content (AvgIpc) is 3.36. The van der Waals surface area contributed by atoms with Gasteiger partial charge in [-0.3, -0.25) is 14.4 Å². The predicted octanol–water partition coefficient (Wildman–Crippen LogP) is 2.68. The van der Waals surface area contributed by atoms with Gasteiger partial charge in [-0.2, -0.15) is 0 Å². The SMILES string of the molecule is C=CCN(C(=O)C1N([C@@H](CC)CO)C(=O)[C@@H]2[C@H](C(=O)OCC)[C@@]3(C)OC12CC3C)C1CCCCC1. The topological polar surface area (TPSA) is 96.4 Å². The highest BCUT2D eigenvalue weighted by Crippen LogP contribution is 2.65.